The summed E-state index contributed by atoms with van der Waals surface area (Å²) in [7, 11) is 1.68. The van der Waals surface area contributed by atoms with Crippen molar-refractivity contribution in [3.05, 3.63) is 83.3 Å². The molecule has 2 heterocycles. The van der Waals surface area contributed by atoms with Crippen LogP contribution in [0.1, 0.15) is 42.5 Å². The second-order valence-electron chi connectivity index (χ2n) is 9.37. The Balaban J connectivity index is 1.49. The van der Waals surface area contributed by atoms with E-state index in [1.807, 2.05) is 41.1 Å². The number of carbonyl (C=O) groups excluding carboxylic acids is 1. The monoisotopic (exact) mass is 479 g/mol. The summed E-state index contributed by atoms with van der Waals surface area (Å²) in [5.74, 6) is 0.682. The van der Waals surface area contributed by atoms with E-state index in [1.165, 1.54) is 12.1 Å². The quantitative estimate of drug-likeness (QED) is 0.476. The number of amides is 2. The molecule has 1 saturated heterocycles. The van der Waals surface area contributed by atoms with E-state index in [-0.39, 0.29) is 29.7 Å². The third kappa shape index (κ3) is 6.46. The van der Waals surface area contributed by atoms with E-state index in [0.29, 0.717) is 25.5 Å². The summed E-state index contributed by atoms with van der Waals surface area (Å²) in [6.45, 7) is 7.58. The van der Waals surface area contributed by atoms with Crippen molar-refractivity contribution in [3.63, 3.8) is 0 Å². The molecule has 1 aromatic heterocycles. The Hall–Kier alpha value is -3.23. The number of nitrogens with zero attached hydrogens (tertiary/aromatic N) is 3. The maximum absolute atomic E-state index is 13.5. The van der Waals surface area contributed by atoms with Crippen LogP contribution in [-0.4, -0.2) is 60.1 Å². The summed E-state index contributed by atoms with van der Waals surface area (Å²) in [6, 6.07) is 18.1. The number of anilines is 1. The SMILES string of the molecule is COCCN1CC(c2ccc(F)cc2)[C@H](NC(=O)Nc2cc(C(C)C)nn2Cc2ccccc2)C1. The predicted octanol–water partition coefficient (Wildman–Crippen LogP) is 4.43. The van der Waals surface area contributed by atoms with E-state index in [9.17, 15) is 9.18 Å². The Morgan fingerprint density at radius 3 is 2.57 bits per heavy atom. The number of methoxy groups -OCH3 is 1. The van der Waals surface area contributed by atoms with Crippen LogP contribution < -0.4 is 10.6 Å². The van der Waals surface area contributed by atoms with Crippen LogP contribution >= 0.6 is 0 Å². The summed E-state index contributed by atoms with van der Waals surface area (Å²) in [4.78, 5) is 15.4. The Bertz CT molecular complexity index is 1100. The van der Waals surface area contributed by atoms with Gasteiger partial charge >= 0.3 is 6.03 Å². The fourth-order valence-corrected chi connectivity index (χ4v) is 4.50. The maximum atomic E-state index is 13.5. The van der Waals surface area contributed by atoms with Crippen LogP contribution in [0.2, 0.25) is 0 Å². The number of carbonyl (C=O) groups is 1. The number of rotatable bonds is 9. The van der Waals surface area contributed by atoms with Crippen molar-refractivity contribution in [3.8, 4) is 0 Å². The largest absolute Gasteiger partial charge is 0.383 e. The highest BCUT2D eigenvalue weighted by Gasteiger charge is 2.34. The van der Waals surface area contributed by atoms with Gasteiger partial charge in [-0.1, -0.05) is 56.3 Å². The summed E-state index contributed by atoms with van der Waals surface area (Å²) >= 11 is 0. The Morgan fingerprint density at radius 1 is 1.14 bits per heavy atom. The highest BCUT2D eigenvalue weighted by Crippen LogP contribution is 2.28. The molecule has 2 amide bonds. The Morgan fingerprint density at radius 2 is 1.89 bits per heavy atom. The zero-order valence-electron chi connectivity index (χ0n) is 20.6. The van der Waals surface area contributed by atoms with Crippen molar-refractivity contribution in [2.75, 3.05) is 38.7 Å². The van der Waals surface area contributed by atoms with Crippen LogP contribution in [0, 0.1) is 5.82 Å². The molecule has 186 valence electrons. The van der Waals surface area contributed by atoms with E-state index in [0.717, 1.165) is 29.9 Å². The van der Waals surface area contributed by atoms with Gasteiger partial charge in [-0.3, -0.25) is 10.2 Å². The van der Waals surface area contributed by atoms with Gasteiger partial charge in [0, 0.05) is 38.7 Å². The molecule has 0 aliphatic carbocycles. The standard InChI is InChI=1S/C27H34FN5O2/c1-19(2)24-15-26(33(31-24)16-20-7-5-4-6-8-20)30-27(34)29-25-18-32(13-14-35-3)17-23(25)21-9-11-22(28)12-10-21/h4-12,15,19,23,25H,13-14,16-18H2,1-3H3,(H2,29,30,34)/t23?,25-/m1/s1. The number of hydrogen-bond donors (Lipinski definition) is 2. The second kappa shape index (κ2) is 11.5. The van der Waals surface area contributed by atoms with Crippen LogP contribution in [0.25, 0.3) is 0 Å². The topological polar surface area (TPSA) is 71.4 Å². The highest BCUT2D eigenvalue weighted by molar-refractivity contribution is 5.88. The molecule has 1 fully saturated rings. The fraction of sp³-hybridized carbons (Fsp3) is 0.407. The van der Waals surface area contributed by atoms with E-state index < -0.39 is 0 Å². The summed E-state index contributed by atoms with van der Waals surface area (Å²) in [5, 5.41) is 10.9. The molecule has 4 rings (SSSR count). The van der Waals surface area contributed by atoms with Gasteiger partial charge in [0.2, 0.25) is 0 Å². The van der Waals surface area contributed by atoms with Gasteiger partial charge in [0.15, 0.2) is 0 Å². The Labute approximate surface area is 206 Å². The van der Waals surface area contributed by atoms with Crippen LogP contribution in [0.5, 0.6) is 0 Å². The first-order valence-electron chi connectivity index (χ1n) is 12.1. The van der Waals surface area contributed by atoms with Gasteiger partial charge in [-0.2, -0.15) is 5.10 Å². The van der Waals surface area contributed by atoms with Crippen molar-refractivity contribution in [2.24, 2.45) is 0 Å². The molecular weight excluding hydrogens is 445 g/mol. The van der Waals surface area contributed by atoms with Crippen LogP contribution in [-0.2, 0) is 11.3 Å². The lowest BCUT2D eigenvalue weighted by molar-refractivity contribution is 0.159. The molecule has 7 nitrogen and oxygen atoms in total. The lowest BCUT2D eigenvalue weighted by Gasteiger charge is -2.21. The normalized spacial score (nSPS) is 18.2. The van der Waals surface area contributed by atoms with Gasteiger partial charge in [-0.05, 0) is 29.2 Å². The van der Waals surface area contributed by atoms with E-state index in [4.69, 9.17) is 9.84 Å². The second-order valence-corrected chi connectivity index (χ2v) is 9.37. The number of urea groups is 1. The minimum Gasteiger partial charge on any atom is -0.383 e. The average Bonchev–Trinajstić information content (AvgIpc) is 3.43. The molecule has 3 aromatic rings. The molecule has 0 bridgehead atoms. The summed E-state index contributed by atoms with van der Waals surface area (Å²) in [6.07, 6.45) is 0. The number of likely N-dealkylation sites (tertiary alicyclic amines) is 1. The molecular formula is C27H34FN5O2. The van der Waals surface area contributed by atoms with Gasteiger partial charge < -0.3 is 10.1 Å². The molecule has 0 radical (unpaired) electrons. The number of nitrogens with one attached hydrogen (secondary N) is 2. The van der Waals surface area contributed by atoms with Gasteiger partial charge in [0.05, 0.1) is 24.9 Å². The molecule has 35 heavy (non-hydrogen) atoms. The van der Waals surface area contributed by atoms with E-state index in [1.54, 1.807) is 19.2 Å². The van der Waals surface area contributed by atoms with Crippen molar-refractivity contribution < 1.29 is 13.9 Å². The molecule has 1 aliphatic heterocycles. The van der Waals surface area contributed by atoms with Crippen LogP contribution in [0.3, 0.4) is 0 Å². The summed E-state index contributed by atoms with van der Waals surface area (Å²) in [5.41, 5.74) is 3.04. The number of aromatic nitrogens is 2. The van der Waals surface area contributed by atoms with Gasteiger partial charge in [0.1, 0.15) is 11.6 Å². The maximum Gasteiger partial charge on any atom is 0.320 e. The number of halogens is 1. The lowest BCUT2D eigenvalue weighted by Crippen LogP contribution is -2.42. The van der Waals surface area contributed by atoms with Gasteiger partial charge in [-0.15, -0.1) is 0 Å². The van der Waals surface area contributed by atoms with Crippen molar-refractivity contribution >= 4 is 11.8 Å². The molecule has 8 heteroatoms. The minimum absolute atomic E-state index is 0.0543. The first-order valence-corrected chi connectivity index (χ1v) is 12.1. The number of hydrogen-bond acceptors (Lipinski definition) is 4. The first-order chi connectivity index (χ1) is 16.9. The Kier molecular flexibility index (Phi) is 8.15. The predicted molar refractivity (Wildman–Crippen MR) is 135 cm³/mol. The number of ether oxygens (including phenoxy) is 1. The molecule has 0 spiro atoms. The number of benzene rings is 2. The van der Waals surface area contributed by atoms with Crippen LogP contribution in [0.4, 0.5) is 15.0 Å². The molecule has 2 atom stereocenters. The van der Waals surface area contributed by atoms with Crippen molar-refractivity contribution in [2.45, 2.75) is 38.3 Å². The van der Waals surface area contributed by atoms with Gasteiger partial charge in [-0.25, -0.2) is 13.9 Å². The van der Waals surface area contributed by atoms with E-state index >= 15 is 0 Å². The minimum atomic E-state index is -0.278. The average molecular weight is 480 g/mol. The molecule has 1 aliphatic rings. The molecule has 2 aromatic carbocycles. The molecule has 0 saturated carbocycles. The molecule has 2 N–H and O–H groups in total. The van der Waals surface area contributed by atoms with Gasteiger partial charge in [0.25, 0.3) is 0 Å². The third-order valence-electron chi connectivity index (χ3n) is 6.43. The third-order valence-corrected chi connectivity index (χ3v) is 6.43. The zero-order valence-corrected chi connectivity index (χ0v) is 20.6. The lowest BCUT2D eigenvalue weighted by atomic mass is 9.94. The van der Waals surface area contributed by atoms with Crippen LogP contribution in [0.15, 0.2) is 60.7 Å². The van der Waals surface area contributed by atoms with Crippen molar-refractivity contribution in [1.29, 1.82) is 0 Å². The zero-order chi connectivity index (χ0) is 24.8. The highest BCUT2D eigenvalue weighted by atomic mass is 19.1. The first kappa shape index (κ1) is 24.9. The van der Waals surface area contributed by atoms with Crippen molar-refractivity contribution in [1.82, 2.24) is 20.0 Å². The van der Waals surface area contributed by atoms with E-state index in [2.05, 4.69) is 29.4 Å². The fourth-order valence-electron chi connectivity index (χ4n) is 4.50. The summed E-state index contributed by atoms with van der Waals surface area (Å²) < 4.78 is 20.6. The smallest absolute Gasteiger partial charge is 0.320 e. The molecule has 1 unspecified atom stereocenters.